The lowest BCUT2D eigenvalue weighted by Gasteiger charge is -2.17. The Balaban J connectivity index is 2.31. The van der Waals surface area contributed by atoms with E-state index in [2.05, 4.69) is 5.32 Å². The molecule has 0 saturated carbocycles. The van der Waals surface area contributed by atoms with Crippen molar-refractivity contribution in [2.75, 3.05) is 20.8 Å². The standard InChI is InChI=1S/C13H17NO5/c1-18-11-5-10(15)12(19-2)4-8(11)9-3-7(6-14-9)13(16)17/h4-5,7,9,14-15H,3,6H2,1-2H3,(H,16,17). The molecule has 3 N–H and O–H groups in total. The predicted molar refractivity (Wildman–Crippen MR) is 67.7 cm³/mol. The maximum Gasteiger partial charge on any atom is 0.307 e. The lowest BCUT2D eigenvalue weighted by molar-refractivity contribution is -0.141. The Bertz CT molecular complexity index is 488. The maximum absolute atomic E-state index is 11.0. The normalized spacial score (nSPS) is 22.2. The van der Waals surface area contributed by atoms with Gasteiger partial charge in [-0.3, -0.25) is 4.79 Å². The van der Waals surface area contributed by atoms with Crippen molar-refractivity contribution in [1.29, 1.82) is 0 Å². The number of nitrogens with one attached hydrogen (secondary N) is 1. The van der Waals surface area contributed by atoms with Crippen LogP contribution in [0.3, 0.4) is 0 Å². The zero-order valence-corrected chi connectivity index (χ0v) is 10.8. The molecule has 1 aliphatic heterocycles. The number of phenols is 1. The van der Waals surface area contributed by atoms with Crippen LogP contribution < -0.4 is 14.8 Å². The lowest BCUT2D eigenvalue weighted by Crippen LogP contribution is -2.17. The molecule has 0 amide bonds. The molecular formula is C13H17NO5. The summed E-state index contributed by atoms with van der Waals surface area (Å²) in [5, 5.41) is 21.9. The number of hydrogen-bond acceptors (Lipinski definition) is 5. The molecule has 2 atom stereocenters. The Morgan fingerprint density at radius 2 is 2.00 bits per heavy atom. The number of benzene rings is 1. The Morgan fingerprint density at radius 1 is 1.32 bits per heavy atom. The van der Waals surface area contributed by atoms with E-state index < -0.39 is 11.9 Å². The summed E-state index contributed by atoms with van der Waals surface area (Å²) in [6.07, 6.45) is 0.486. The molecule has 0 spiro atoms. The fourth-order valence-corrected chi connectivity index (χ4v) is 2.34. The molecule has 2 unspecified atom stereocenters. The molecule has 0 radical (unpaired) electrons. The number of methoxy groups -OCH3 is 2. The summed E-state index contributed by atoms with van der Waals surface area (Å²) in [7, 11) is 2.97. The van der Waals surface area contributed by atoms with E-state index in [-0.39, 0.29) is 11.8 Å². The monoisotopic (exact) mass is 267 g/mol. The number of phenolic OH excluding ortho intramolecular Hbond substituents is 1. The van der Waals surface area contributed by atoms with Crippen LogP contribution >= 0.6 is 0 Å². The van der Waals surface area contributed by atoms with E-state index in [1.54, 1.807) is 6.07 Å². The van der Waals surface area contributed by atoms with Crippen LogP contribution in [0.2, 0.25) is 0 Å². The van der Waals surface area contributed by atoms with Crippen LogP contribution in [0.5, 0.6) is 17.2 Å². The smallest absolute Gasteiger partial charge is 0.307 e. The zero-order valence-electron chi connectivity index (χ0n) is 10.8. The number of ether oxygens (including phenoxy) is 2. The number of rotatable bonds is 4. The SMILES string of the molecule is COc1cc(C2CC(C(=O)O)CN2)c(OC)cc1O. The molecule has 1 fully saturated rings. The van der Waals surface area contributed by atoms with E-state index in [4.69, 9.17) is 14.6 Å². The Hall–Kier alpha value is -1.95. The fraction of sp³-hybridized carbons (Fsp3) is 0.462. The Kier molecular flexibility index (Phi) is 3.80. The third-order valence-corrected chi connectivity index (χ3v) is 3.39. The number of carbonyl (C=O) groups is 1. The van der Waals surface area contributed by atoms with Gasteiger partial charge in [0.2, 0.25) is 0 Å². The molecular weight excluding hydrogens is 250 g/mol. The highest BCUT2D eigenvalue weighted by Gasteiger charge is 2.32. The molecule has 104 valence electrons. The van der Waals surface area contributed by atoms with Crippen molar-refractivity contribution in [2.45, 2.75) is 12.5 Å². The third-order valence-electron chi connectivity index (χ3n) is 3.39. The van der Waals surface area contributed by atoms with E-state index in [0.29, 0.717) is 24.5 Å². The summed E-state index contributed by atoms with van der Waals surface area (Å²) < 4.78 is 10.3. The fourth-order valence-electron chi connectivity index (χ4n) is 2.34. The number of aliphatic carboxylic acids is 1. The van der Waals surface area contributed by atoms with E-state index in [9.17, 15) is 9.90 Å². The number of aromatic hydroxyl groups is 1. The zero-order chi connectivity index (χ0) is 14.0. The van der Waals surface area contributed by atoms with Gasteiger partial charge in [0.1, 0.15) is 5.75 Å². The highest BCUT2D eigenvalue weighted by Crippen LogP contribution is 2.40. The van der Waals surface area contributed by atoms with Crippen LogP contribution in [0, 0.1) is 5.92 Å². The molecule has 1 heterocycles. The van der Waals surface area contributed by atoms with E-state index in [1.807, 2.05) is 0 Å². The third kappa shape index (κ3) is 2.58. The molecule has 1 aliphatic rings. The summed E-state index contributed by atoms with van der Waals surface area (Å²) in [6, 6.07) is 3.03. The van der Waals surface area contributed by atoms with Gasteiger partial charge < -0.3 is 25.0 Å². The molecule has 2 rings (SSSR count). The van der Waals surface area contributed by atoms with Gasteiger partial charge in [0.05, 0.1) is 20.1 Å². The molecule has 6 nitrogen and oxygen atoms in total. The first-order valence-corrected chi connectivity index (χ1v) is 5.98. The first-order valence-electron chi connectivity index (χ1n) is 5.98. The second-order valence-corrected chi connectivity index (χ2v) is 4.50. The number of carboxylic acid groups (broad SMARTS) is 1. The molecule has 19 heavy (non-hydrogen) atoms. The second-order valence-electron chi connectivity index (χ2n) is 4.50. The summed E-state index contributed by atoms with van der Waals surface area (Å²) in [5.74, 6) is -0.358. The van der Waals surface area contributed by atoms with E-state index >= 15 is 0 Å². The van der Waals surface area contributed by atoms with Gasteiger partial charge in [0.15, 0.2) is 11.5 Å². The highest BCUT2D eigenvalue weighted by molar-refractivity contribution is 5.71. The van der Waals surface area contributed by atoms with Crippen LogP contribution in [-0.4, -0.2) is 36.9 Å². The largest absolute Gasteiger partial charge is 0.504 e. The van der Waals surface area contributed by atoms with Crippen molar-refractivity contribution in [3.8, 4) is 17.2 Å². The summed E-state index contributed by atoms with van der Waals surface area (Å²) in [4.78, 5) is 11.0. The first-order chi connectivity index (χ1) is 9.06. The minimum Gasteiger partial charge on any atom is -0.504 e. The number of hydrogen-bond donors (Lipinski definition) is 3. The molecule has 1 saturated heterocycles. The van der Waals surface area contributed by atoms with Gasteiger partial charge in [-0.1, -0.05) is 0 Å². The summed E-state index contributed by atoms with van der Waals surface area (Å²) >= 11 is 0. The predicted octanol–water partition coefficient (Wildman–Crippen LogP) is 1.14. The van der Waals surface area contributed by atoms with Crippen LogP contribution in [-0.2, 0) is 4.79 Å². The van der Waals surface area contributed by atoms with Gasteiger partial charge in [-0.15, -0.1) is 0 Å². The van der Waals surface area contributed by atoms with Crippen LogP contribution in [0.25, 0.3) is 0 Å². The maximum atomic E-state index is 11.0. The average Bonchev–Trinajstić information content (AvgIpc) is 2.88. The highest BCUT2D eigenvalue weighted by atomic mass is 16.5. The Labute approximate surface area is 111 Å². The van der Waals surface area contributed by atoms with E-state index in [1.165, 1.54) is 20.3 Å². The van der Waals surface area contributed by atoms with Crippen LogP contribution in [0.1, 0.15) is 18.0 Å². The van der Waals surface area contributed by atoms with Gasteiger partial charge in [-0.25, -0.2) is 0 Å². The van der Waals surface area contributed by atoms with Gasteiger partial charge in [0.25, 0.3) is 0 Å². The van der Waals surface area contributed by atoms with Crippen LogP contribution in [0.4, 0.5) is 0 Å². The van der Waals surface area contributed by atoms with Gasteiger partial charge in [0, 0.05) is 24.2 Å². The topological polar surface area (TPSA) is 88.0 Å². The number of carboxylic acids is 1. The lowest BCUT2D eigenvalue weighted by atomic mass is 9.99. The second kappa shape index (κ2) is 5.36. The molecule has 1 aromatic carbocycles. The van der Waals surface area contributed by atoms with Gasteiger partial charge >= 0.3 is 5.97 Å². The Morgan fingerprint density at radius 3 is 2.53 bits per heavy atom. The van der Waals surface area contributed by atoms with Crippen LogP contribution in [0.15, 0.2) is 12.1 Å². The molecule has 0 aliphatic carbocycles. The first kappa shape index (κ1) is 13.5. The molecule has 0 aromatic heterocycles. The van der Waals surface area contributed by atoms with Crippen molar-refractivity contribution in [3.05, 3.63) is 17.7 Å². The minimum atomic E-state index is -0.806. The van der Waals surface area contributed by atoms with E-state index in [0.717, 1.165) is 5.56 Å². The van der Waals surface area contributed by atoms with Gasteiger partial charge in [-0.05, 0) is 12.5 Å². The molecule has 0 bridgehead atoms. The van der Waals surface area contributed by atoms with Crippen molar-refractivity contribution in [2.24, 2.45) is 5.92 Å². The molecule has 1 aromatic rings. The quantitative estimate of drug-likeness (QED) is 0.758. The minimum absolute atomic E-state index is 0.00381. The van der Waals surface area contributed by atoms with Crippen molar-refractivity contribution >= 4 is 5.97 Å². The van der Waals surface area contributed by atoms with Crippen molar-refractivity contribution < 1.29 is 24.5 Å². The van der Waals surface area contributed by atoms with Gasteiger partial charge in [-0.2, -0.15) is 0 Å². The summed E-state index contributed by atoms with van der Waals surface area (Å²) in [5.41, 5.74) is 0.793. The molecule has 6 heteroatoms. The average molecular weight is 267 g/mol. The van der Waals surface area contributed by atoms with Crippen molar-refractivity contribution in [3.63, 3.8) is 0 Å². The summed E-state index contributed by atoms with van der Waals surface area (Å²) in [6.45, 7) is 0.423. The van der Waals surface area contributed by atoms with Crippen molar-refractivity contribution in [1.82, 2.24) is 5.32 Å².